The van der Waals surface area contributed by atoms with Crippen LogP contribution in [0.5, 0.6) is 0 Å². The van der Waals surface area contributed by atoms with E-state index in [2.05, 4.69) is 21.2 Å². The van der Waals surface area contributed by atoms with Gasteiger partial charge in [0.2, 0.25) is 5.91 Å². The molecule has 3 rings (SSSR count). The van der Waals surface area contributed by atoms with Crippen LogP contribution in [0.1, 0.15) is 15.9 Å². The molecule has 1 aromatic heterocycles. The van der Waals surface area contributed by atoms with Gasteiger partial charge in [-0.05, 0) is 36.8 Å². The molecular formula is C20H20BrN3O2. The van der Waals surface area contributed by atoms with Gasteiger partial charge < -0.3 is 14.8 Å². The van der Waals surface area contributed by atoms with Gasteiger partial charge in [0, 0.05) is 41.4 Å². The first-order chi connectivity index (χ1) is 12.4. The number of halogens is 1. The van der Waals surface area contributed by atoms with Crippen molar-refractivity contribution in [3.8, 4) is 0 Å². The molecule has 1 heterocycles. The van der Waals surface area contributed by atoms with Crippen LogP contribution in [0, 0.1) is 6.92 Å². The van der Waals surface area contributed by atoms with Gasteiger partial charge in [0.15, 0.2) is 0 Å². The van der Waals surface area contributed by atoms with Crippen molar-refractivity contribution in [1.29, 1.82) is 0 Å². The topological polar surface area (TPSA) is 54.3 Å². The fourth-order valence-corrected chi connectivity index (χ4v) is 3.44. The van der Waals surface area contributed by atoms with Crippen molar-refractivity contribution in [3.63, 3.8) is 0 Å². The SMILES string of the molecule is Cc1cc(Br)ccc1NC(=O)CN(C)C(=O)c1cn(C)c2ccccc12. The number of carbonyl (C=O) groups excluding carboxylic acids is 2. The number of fused-ring (bicyclic) bond motifs is 1. The number of anilines is 1. The highest BCUT2D eigenvalue weighted by Gasteiger charge is 2.19. The summed E-state index contributed by atoms with van der Waals surface area (Å²) in [5, 5.41) is 3.74. The minimum absolute atomic E-state index is 0.0163. The van der Waals surface area contributed by atoms with Crippen LogP contribution in [0.25, 0.3) is 10.9 Å². The second kappa shape index (κ2) is 7.33. The van der Waals surface area contributed by atoms with E-state index < -0.39 is 0 Å². The summed E-state index contributed by atoms with van der Waals surface area (Å²) in [5.74, 6) is -0.406. The van der Waals surface area contributed by atoms with Crippen LogP contribution in [0.4, 0.5) is 5.69 Å². The van der Waals surface area contributed by atoms with Crippen LogP contribution in [0.15, 0.2) is 53.1 Å². The number of amides is 2. The van der Waals surface area contributed by atoms with Gasteiger partial charge in [0.05, 0.1) is 12.1 Å². The van der Waals surface area contributed by atoms with Crippen LogP contribution < -0.4 is 5.32 Å². The third-order valence-corrected chi connectivity index (χ3v) is 4.81. The molecule has 0 atom stereocenters. The summed E-state index contributed by atoms with van der Waals surface area (Å²) in [7, 11) is 3.54. The molecule has 5 nitrogen and oxygen atoms in total. The van der Waals surface area contributed by atoms with Gasteiger partial charge in [-0.15, -0.1) is 0 Å². The number of hydrogen-bond acceptors (Lipinski definition) is 2. The van der Waals surface area contributed by atoms with Crippen LogP contribution >= 0.6 is 15.9 Å². The Kier molecular flexibility index (Phi) is 5.13. The first-order valence-corrected chi connectivity index (χ1v) is 9.01. The Balaban J connectivity index is 1.73. The van der Waals surface area contributed by atoms with Gasteiger partial charge in [-0.2, -0.15) is 0 Å². The van der Waals surface area contributed by atoms with Gasteiger partial charge in [-0.25, -0.2) is 0 Å². The zero-order valence-electron chi connectivity index (χ0n) is 14.9. The molecule has 26 heavy (non-hydrogen) atoms. The molecule has 2 aromatic carbocycles. The number of carbonyl (C=O) groups is 2. The number of para-hydroxylation sites is 1. The van der Waals surface area contributed by atoms with E-state index >= 15 is 0 Å². The van der Waals surface area contributed by atoms with Gasteiger partial charge >= 0.3 is 0 Å². The minimum atomic E-state index is -0.230. The lowest BCUT2D eigenvalue weighted by Gasteiger charge is -2.17. The lowest BCUT2D eigenvalue weighted by molar-refractivity contribution is -0.116. The Morgan fingerprint density at radius 3 is 2.65 bits per heavy atom. The fourth-order valence-electron chi connectivity index (χ4n) is 2.96. The standard InChI is InChI=1S/C20H20BrN3O2/c1-13-10-14(21)8-9-17(13)22-19(25)12-24(3)20(26)16-11-23(2)18-7-5-4-6-15(16)18/h4-11H,12H2,1-3H3,(H,22,25). The van der Waals surface area contributed by atoms with Crippen molar-refractivity contribution in [3.05, 3.63) is 64.3 Å². The zero-order chi connectivity index (χ0) is 18.8. The molecule has 0 bridgehead atoms. The summed E-state index contributed by atoms with van der Waals surface area (Å²) >= 11 is 3.40. The number of benzene rings is 2. The number of likely N-dealkylation sites (N-methyl/N-ethyl adjacent to an activating group) is 1. The molecule has 1 N–H and O–H groups in total. The van der Waals surface area contributed by atoms with Crippen LogP contribution in [0.2, 0.25) is 0 Å². The largest absolute Gasteiger partial charge is 0.350 e. The Bertz CT molecular complexity index is 994. The van der Waals surface area contributed by atoms with E-state index in [0.717, 1.165) is 26.6 Å². The van der Waals surface area contributed by atoms with Crippen molar-refractivity contribution in [2.75, 3.05) is 18.9 Å². The maximum atomic E-state index is 12.8. The number of nitrogens with one attached hydrogen (secondary N) is 1. The highest BCUT2D eigenvalue weighted by molar-refractivity contribution is 9.10. The number of rotatable bonds is 4. The summed E-state index contributed by atoms with van der Waals surface area (Å²) in [5.41, 5.74) is 3.28. The zero-order valence-corrected chi connectivity index (χ0v) is 16.5. The maximum Gasteiger partial charge on any atom is 0.256 e. The second-order valence-corrected chi connectivity index (χ2v) is 7.26. The maximum absolute atomic E-state index is 12.8. The van der Waals surface area contributed by atoms with Crippen molar-refractivity contribution < 1.29 is 9.59 Å². The van der Waals surface area contributed by atoms with Crippen molar-refractivity contribution in [1.82, 2.24) is 9.47 Å². The van der Waals surface area contributed by atoms with Crippen LogP contribution in [-0.2, 0) is 11.8 Å². The van der Waals surface area contributed by atoms with Crippen molar-refractivity contribution >= 4 is 44.3 Å². The lowest BCUT2D eigenvalue weighted by Crippen LogP contribution is -2.35. The molecule has 2 amide bonds. The van der Waals surface area contributed by atoms with Gasteiger partial charge in [0.25, 0.3) is 5.91 Å². The Hall–Kier alpha value is -2.60. The average Bonchev–Trinajstić information content (AvgIpc) is 2.94. The molecule has 134 valence electrons. The molecule has 6 heteroatoms. The lowest BCUT2D eigenvalue weighted by atomic mass is 10.1. The Morgan fingerprint density at radius 2 is 1.92 bits per heavy atom. The van der Waals surface area contributed by atoms with E-state index in [1.54, 1.807) is 13.2 Å². The first kappa shape index (κ1) is 18.2. The molecule has 0 saturated heterocycles. The van der Waals surface area contributed by atoms with E-state index in [1.807, 2.05) is 61.0 Å². The summed E-state index contributed by atoms with van der Waals surface area (Å²) in [6, 6.07) is 13.4. The number of aromatic nitrogens is 1. The monoisotopic (exact) mass is 413 g/mol. The van der Waals surface area contributed by atoms with E-state index in [4.69, 9.17) is 0 Å². The van der Waals surface area contributed by atoms with E-state index in [9.17, 15) is 9.59 Å². The van der Waals surface area contributed by atoms with Crippen molar-refractivity contribution in [2.45, 2.75) is 6.92 Å². The number of aryl methyl sites for hydroxylation is 2. The second-order valence-electron chi connectivity index (χ2n) is 6.34. The summed E-state index contributed by atoms with van der Waals surface area (Å²) in [6.45, 7) is 1.91. The number of nitrogens with zero attached hydrogens (tertiary/aromatic N) is 2. The summed E-state index contributed by atoms with van der Waals surface area (Å²) < 4.78 is 2.87. The predicted molar refractivity (Wildman–Crippen MR) is 107 cm³/mol. The molecule has 0 aliphatic heterocycles. The predicted octanol–water partition coefficient (Wildman–Crippen LogP) is 3.96. The first-order valence-electron chi connectivity index (χ1n) is 8.22. The van der Waals surface area contributed by atoms with Crippen molar-refractivity contribution in [2.24, 2.45) is 7.05 Å². The summed E-state index contributed by atoms with van der Waals surface area (Å²) in [6.07, 6.45) is 1.81. The molecule has 0 spiro atoms. The molecule has 0 aliphatic carbocycles. The Labute approximate surface area is 160 Å². The van der Waals surface area contributed by atoms with Crippen LogP contribution in [-0.4, -0.2) is 34.9 Å². The third kappa shape index (κ3) is 3.65. The molecular weight excluding hydrogens is 394 g/mol. The molecule has 0 saturated carbocycles. The van der Waals surface area contributed by atoms with Gasteiger partial charge in [0.1, 0.15) is 0 Å². The van der Waals surface area contributed by atoms with Gasteiger partial charge in [-0.1, -0.05) is 34.1 Å². The Morgan fingerprint density at radius 1 is 1.19 bits per heavy atom. The highest BCUT2D eigenvalue weighted by atomic mass is 79.9. The van der Waals surface area contributed by atoms with E-state index in [1.165, 1.54) is 4.90 Å². The van der Waals surface area contributed by atoms with Gasteiger partial charge in [-0.3, -0.25) is 9.59 Å². The normalized spacial score (nSPS) is 10.8. The van der Waals surface area contributed by atoms with Crippen LogP contribution in [0.3, 0.4) is 0 Å². The smallest absolute Gasteiger partial charge is 0.256 e. The molecule has 0 aliphatic rings. The average molecular weight is 414 g/mol. The number of hydrogen-bond donors (Lipinski definition) is 1. The fraction of sp³-hybridized carbons (Fsp3) is 0.200. The highest BCUT2D eigenvalue weighted by Crippen LogP contribution is 2.22. The molecule has 0 radical (unpaired) electrons. The quantitative estimate of drug-likeness (QED) is 0.703. The van der Waals surface area contributed by atoms with E-state index in [-0.39, 0.29) is 18.4 Å². The minimum Gasteiger partial charge on any atom is -0.350 e. The molecule has 0 unspecified atom stereocenters. The third-order valence-electron chi connectivity index (χ3n) is 4.32. The molecule has 0 fully saturated rings. The summed E-state index contributed by atoms with van der Waals surface area (Å²) in [4.78, 5) is 26.6. The van der Waals surface area contributed by atoms with E-state index in [0.29, 0.717) is 5.56 Å². The molecule has 3 aromatic rings.